The highest BCUT2D eigenvalue weighted by Crippen LogP contribution is 2.35. The monoisotopic (exact) mass is 323 g/mol. The third kappa shape index (κ3) is 2.92. The first-order valence-electron chi connectivity index (χ1n) is 6.81. The lowest BCUT2D eigenvalue weighted by molar-refractivity contribution is -0.274. The van der Waals surface area contributed by atoms with Crippen LogP contribution in [0.4, 0.5) is 13.2 Å². The van der Waals surface area contributed by atoms with Crippen molar-refractivity contribution in [1.82, 2.24) is 14.6 Å². The number of rotatable bonds is 3. The molecule has 0 fully saturated rings. The van der Waals surface area contributed by atoms with Crippen molar-refractivity contribution in [3.63, 3.8) is 0 Å². The van der Waals surface area contributed by atoms with Crippen molar-refractivity contribution in [3.05, 3.63) is 42.4 Å². The maximum absolute atomic E-state index is 12.2. The minimum atomic E-state index is -4.81. The molecule has 1 N–H and O–H groups in total. The summed E-state index contributed by atoms with van der Waals surface area (Å²) >= 11 is 0. The number of ether oxygens (including phenoxy) is 1. The van der Waals surface area contributed by atoms with E-state index in [0.29, 0.717) is 17.6 Å². The van der Waals surface area contributed by atoms with Gasteiger partial charge < -0.3 is 14.2 Å². The summed E-state index contributed by atoms with van der Waals surface area (Å²) in [5.41, 5.74) is 1.36. The molecule has 1 aromatic carbocycles. The molecule has 0 saturated carbocycles. The fourth-order valence-corrected chi connectivity index (χ4v) is 2.35. The maximum atomic E-state index is 12.2. The van der Waals surface area contributed by atoms with E-state index < -0.39 is 12.1 Å². The van der Waals surface area contributed by atoms with Gasteiger partial charge in [0, 0.05) is 24.2 Å². The molecular weight excluding hydrogens is 311 g/mol. The number of phenols is 1. The molecule has 0 aliphatic rings. The Balaban J connectivity index is 2.08. The van der Waals surface area contributed by atoms with E-state index in [9.17, 15) is 18.3 Å². The Bertz CT molecular complexity index is 859. The van der Waals surface area contributed by atoms with Gasteiger partial charge in [-0.05, 0) is 24.3 Å². The van der Waals surface area contributed by atoms with Crippen molar-refractivity contribution in [1.29, 1.82) is 0 Å². The van der Waals surface area contributed by atoms with Crippen molar-refractivity contribution in [2.45, 2.75) is 19.7 Å². The van der Waals surface area contributed by atoms with Gasteiger partial charge >= 0.3 is 6.36 Å². The van der Waals surface area contributed by atoms with Gasteiger partial charge in [0.1, 0.15) is 23.0 Å². The second-order valence-electron chi connectivity index (χ2n) is 4.81. The SMILES string of the molecule is CCc1nnc(-c2ccc(OC(F)(F)F)cc2O)c2cccn12. The summed E-state index contributed by atoms with van der Waals surface area (Å²) in [5.74, 6) is -0.123. The zero-order chi connectivity index (χ0) is 16.6. The number of alkyl halides is 3. The number of hydrogen-bond donors (Lipinski definition) is 1. The minimum Gasteiger partial charge on any atom is -0.507 e. The highest BCUT2D eigenvalue weighted by molar-refractivity contribution is 5.80. The Kier molecular flexibility index (Phi) is 3.59. The fourth-order valence-electron chi connectivity index (χ4n) is 2.35. The summed E-state index contributed by atoms with van der Waals surface area (Å²) in [6.45, 7) is 1.93. The van der Waals surface area contributed by atoms with Crippen LogP contribution < -0.4 is 4.74 Å². The van der Waals surface area contributed by atoms with Crippen LogP contribution in [0.3, 0.4) is 0 Å². The van der Waals surface area contributed by atoms with Crippen LogP contribution >= 0.6 is 0 Å². The Morgan fingerprint density at radius 3 is 2.65 bits per heavy atom. The molecule has 0 radical (unpaired) electrons. The van der Waals surface area contributed by atoms with Crippen LogP contribution in [0.5, 0.6) is 11.5 Å². The number of aromatic hydroxyl groups is 1. The van der Waals surface area contributed by atoms with Gasteiger partial charge in [-0.2, -0.15) is 0 Å². The molecule has 0 spiro atoms. The molecule has 0 amide bonds. The van der Waals surface area contributed by atoms with Gasteiger partial charge in [-0.15, -0.1) is 23.4 Å². The summed E-state index contributed by atoms with van der Waals surface area (Å²) < 4.78 is 42.3. The predicted molar refractivity (Wildman–Crippen MR) is 76.1 cm³/mol. The van der Waals surface area contributed by atoms with Crippen LogP contribution in [-0.4, -0.2) is 26.1 Å². The fraction of sp³-hybridized carbons (Fsp3) is 0.200. The molecule has 0 atom stereocenters. The standard InChI is InChI=1S/C15H12F3N3O2/c1-2-13-19-20-14(11-4-3-7-21(11)13)10-6-5-9(8-12(10)22)23-15(16,17)18/h3-8,22H,2H2,1H3. The number of benzene rings is 1. The number of aromatic nitrogens is 3. The number of phenolic OH excluding ortho intramolecular Hbond substituents is 1. The molecule has 0 saturated heterocycles. The molecule has 2 aromatic heterocycles. The second-order valence-corrected chi connectivity index (χ2v) is 4.81. The molecule has 120 valence electrons. The Morgan fingerprint density at radius 1 is 1.22 bits per heavy atom. The number of aryl methyl sites for hydroxylation is 1. The van der Waals surface area contributed by atoms with Gasteiger partial charge in [0.15, 0.2) is 0 Å². The summed E-state index contributed by atoms with van der Waals surface area (Å²) in [5, 5.41) is 18.2. The summed E-state index contributed by atoms with van der Waals surface area (Å²) in [6.07, 6.45) is -2.33. The summed E-state index contributed by atoms with van der Waals surface area (Å²) in [4.78, 5) is 0. The van der Waals surface area contributed by atoms with Crippen molar-refractivity contribution in [2.24, 2.45) is 0 Å². The first kappa shape index (κ1) is 15.1. The van der Waals surface area contributed by atoms with Crippen LogP contribution in [0.15, 0.2) is 36.5 Å². The van der Waals surface area contributed by atoms with Gasteiger partial charge in [-0.3, -0.25) is 0 Å². The molecule has 2 heterocycles. The lowest BCUT2D eigenvalue weighted by Gasteiger charge is -2.12. The van der Waals surface area contributed by atoms with E-state index >= 15 is 0 Å². The zero-order valence-corrected chi connectivity index (χ0v) is 12.0. The topological polar surface area (TPSA) is 59.7 Å². The van der Waals surface area contributed by atoms with E-state index in [0.717, 1.165) is 18.0 Å². The summed E-state index contributed by atoms with van der Waals surface area (Å²) in [7, 11) is 0. The van der Waals surface area contributed by atoms with Crippen molar-refractivity contribution < 1.29 is 23.0 Å². The first-order chi connectivity index (χ1) is 10.9. The average molecular weight is 323 g/mol. The van der Waals surface area contributed by atoms with Gasteiger partial charge in [-0.1, -0.05) is 6.92 Å². The zero-order valence-electron chi connectivity index (χ0n) is 12.0. The second kappa shape index (κ2) is 5.45. The molecule has 3 rings (SSSR count). The lowest BCUT2D eigenvalue weighted by Crippen LogP contribution is -2.17. The third-order valence-electron chi connectivity index (χ3n) is 3.31. The van der Waals surface area contributed by atoms with Gasteiger partial charge in [0.25, 0.3) is 0 Å². The highest BCUT2D eigenvalue weighted by atomic mass is 19.4. The van der Waals surface area contributed by atoms with Crippen molar-refractivity contribution >= 4 is 5.52 Å². The van der Waals surface area contributed by atoms with Crippen molar-refractivity contribution in [3.8, 4) is 22.8 Å². The van der Waals surface area contributed by atoms with Gasteiger partial charge in [0.2, 0.25) is 0 Å². The smallest absolute Gasteiger partial charge is 0.507 e. The largest absolute Gasteiger partial charge is 0.573 e. The Morgan fingerprint density at radius 2 is 2.00 bits per heavy atom. The lowest BCUT2D eigenvalue weighted by atomic mass is 10.1. The van der Waals surface area contributed by atoms with Crippen LogP contribution in [0.25, 0.3) is 16.8 Å². The number of fused-ring (bicyclic) bond motifs is 1. The molecule has 0 bridgehead atoms. The number of halogens is 3. The third-order valence-corrected chi connectivity index (χ3v) is 3.31. The van der Waals surface area contributed by atoms with Gasteiger partial charge in [0.05, 0.1) is 5.52 Å². The van der Waals surface area contributed by atoms with Crippen LogP contribution in [0.2, 0.25) is 0 Å². The number of hydrogen-bond acceptors (Lipinski definition) is 4. The quantitative estimate of drug-likeness (QED) is 0.800. The van der Waals surface area contributed by atoms with E-state index in [-0.39, 0.29) is 11.3 Å². The Hall–Kier alpha value is -2.77. The average Bonchev–Trinajstić information content (AvgIpc) is 2.94. The molecule has 5 nitrogen and oxygen atoms in total. The number of nitrogens with zero attached hydrogens (tertiary/aromatic N) is 3. The molecule has 3 aromatic rings. The normalized spacial score (nSPS) is 11.8. The first-order valence-corrected chi connectivity index (χ1v) is 6.81. The van der Waals surface area contributed by atoms with E-state index in [4.69, 9.17) is 0 Å². The van der Waals surface area contributed by atoms with Crippen LogP contribution in [0.1, 0.15) is 12.7 Å². The van der Waals surface area contributed by atoms with E-state index in [1.807, 2.05) is 17.5 Å². The van der Waals surface area contributed by atoms with E-state index in [1.54, 1.807) is 12.1 Å². The maximum Gasteiger partial charge on any atom is 0.573 e. The molecule has 0 unspecified atom stereocenters. The predicted octanol–water partition coefficient (Wildman–Crippen LogP) is 3.56. The molecule has 8 heteroatoms. The molecule has 23 heavy (non-hydrogen) atoms. The van der Waals surface area contributed by atoms with E-state index in [1.165, 1.54) is 6.07 Å². The van der Waals surface area contributed by atoms with Crippen LogP contribution in [0, 0.1) is 0 Å². The van der Waals surface area contributed by atoms with E-state index in [2.05, 4.69) is 14.9 Å². The highest BCUT2D eigenvalue weighted by Gasteiger charge is 2.31. The van der Waals surface area contributed by atoms with Gasteiger partial charge in [-0.25, -0.2) is 0 Å². The Labute approximate surface area is 129 Å². The molecule has 0 aliphatic carbocycles. The molecular formula is C15H12F3N3O2. The molecule has 0 aliphatic heterocycles. The minimum absolute atomic E-state index is 0.276. The van der Waals surface area contributed by atoms with Crippen LogP contribution in [-0.2, 0) is 6.42 Å². The summed E-state index contributed by atoms with van der Waals surface area (Å²) in [6, 6.07) is 6.94. The van der Waals surface area contributed by atoms with Crippen molar-refractivity contribution in [2.75, 3.05) is 0 Å².